The molecule has 0 bridgehead atoms. The average molecular weight is 348 g/mol. The number of unbranched alkanes of at least 4 members (excludes halogenated alkanes) is 6. The lowest BCUT2D eigenvalue weighted by Crippen LogP contribution is -2.12. The van der Waals surface area contributed by atoms with E-state index in [9.17, 15) is 8.42 Å². The van der Waals surface area contributed by atoms with E-state index in [-0.39, 0.29) is 0 Å². The molecule has 1 N–H and O–H groups in total. The largest absolute Gasteiger partial charge is 0.285 e. The molecule has 0 aromatic carbocycles. The van der Waals surface area contributed by atoms with E-state index < -0.39 is 13.4 Å². The first-order valence-electron chi connectivity index (χ1n) is 5.59. The van der Waals surface area contributed by atoms with Crippen LogP contribution in [0.2, 0.25) is 0 Å². The van der Waals surface area contributed by atoms with Crippen LogP contribution in [0, 0.1) is 0 Å². The number of alkyl halides is 1. The molecule has 0 amide bonds. The number of rotatable bonds is 9. The summed E-state index contributed by atoms with van der Waals surface area (Å²) >= 11 is 1.78. The van der Waals surface area contributed by atoms with Crippen molar-refractivity contribution in [2.45, 2.75) is 61.5 Å². The molecule has 1 atom stereocenters. The van der Waals surface area contributed by atoms with Gasteiger partial charge in [-0.3, -0.25) is 4.55 Å². The summed E-state index contributed by atoms with van der Waals surface area (Å²) in [6, 6.07) is 0. The molecule has 3 nitrogen and oxygen atoms in total. The van der Waals surface area contributed by atoms with Gasteiger partial charge in [0.15, 0.2) is 0 Å². The lowest BCUT2D eigenvalue weighted by atomic mass is 10.1. The molecule has 0 saturated heterocycles. The van der Waals surface area contributed by atoms with E-state index in [1.807, 2.05) is 0 Å². The fraction of sp³-hybridized carbons (Fsp3) is 1.00. The normalized spacial score (nSPS) is 14.1. The molecule has 0 heterocycles. The Morgan fingerprint density at radius 1 is 1.07 bits per heavy atom. The van der Waals surface area contributed by atoms with Crippen molar-refractivity contribution in [3.05, 3.63) is 0 Å². The van der Waals surface area contributed by atoms with Crippen LogP contribution in [0.4, 0.5) is 0 Å². The minimum absolute atomic E-state index is 0.563. The molecule has 1 unspecified atom stereocenters. The van der Waals surface area contributed by atoms with E-state index in [0.717, 1.165) is 12.8 Å². The molecule has 5 heteroatoms. The molecular formula is C10H21IO3S. The van der Waals surface area contributed by atoms with Crippen molar-refractivity contribution in [2.75, 3.05) is 0 Å². The lowest BCUT2D eigenvalue weighted by molar-refractivity contribution is 0.476. The van der Waals surface area contributed by atoms with Crippen LogP contribution in [-0.2, 0) is 10.1 Å². The van der Waals surface area contributed by atoms with Crippen LogP contribution in [0.1, 0.15) is 58.3 Å². The van der Waals surface area contributed by atoms with Gasteiger partial charge < -0.3 is 0 Å². The fourth-order valence-electron chi connectivity index (χ4n) is 1.41. The zero-order valence-corrected chi connectivity index (χ0v) is 12.3. The van der Waals surface area contributed by atoms with E-state index in [4.69, 9.17) is 4.55 Å². The zero-order valence-electron chi connectivity index (χ0n) is 9.28. The van der Waals surface area contributed by atoms with Gasteiger partial charge in [0.1, 0.15) is 3.26 Å². The van der Waals surface area contributed by atoms with Crippen molar-refractivity contribution < 1.29 is 13.0 Å². The first kappa shape index (κ1) is 15.6. The minimum atomic E-state index is -3.82. The zero-order chi connectivity index (χ0) is 11.7. The van der Waals surface area contributed by atoms with E-state index in [2.05, 4.69) is 6.92 Å². The summed E-state index contributed by atoms with van der Waals surface area (Å²) in [6.45, 7) is 2.19. The van der Waals surface area contributed by atoms with Crippen LogP contribution in [0.25, 0.3) is 0 Å². The Kier molecular flexibility index (Phi) is 9.13. The second-order valence-electron chi connectivity index (χ2n) is 3.84. The molecule has 0 fully saturated rings. The Morgan fingerprint density at radius 3 is 2.00 bits per heavy atom. The summed E-state index contributed by atoms with van der Waals surface area (Å²) in [5.41, 5.74) is 0. The molecule has 0 aliphatic carbocycles. The van der Waals surface area contributed by atoms with Crippen LogP contribution in [0.15, 0.2) is 0 Å². The smallest absolute Gasteiger partial charge is 0.277 e. The van der Waals surface area contributed by atoms with E-state index in [1.54, 1.807) is 22.6 Å². The molecule has 0 aromatic rings. The highest BCUT2D eigenvalue weighted by molar-refractivity contribution is 14.1. The summed E-state index contributed by atoms with van der Waals surface area (Å²) in [6.07, 6.45) is 8.76. The summed E-state index contributed by atoms with van der Waals surface area (Å²) < 4.78 is 29.5. The number of hydrogen-bond acceptors (Lipinski definition) is 2. The van der Waals surface area contributed by atoms with Gasteiger partial charge in [0, 0.05) is 0 Å². The molecule has 0 radical (unpaired) electrons. The highest BCUT2D eigenvalue weighted by Gasteiger charge is 2.17. The fourth-order valence-corrected chi connectivity index (χ4v) is 2.32. The van der Waals surface area contributed by atoms with E-state index >= 15 is 0 Å². The van der Waals surface area contributed by atoms with Crippen LogP contribution in [-0.4, -0.2) is 16.2 Å². The standard InChI is InChI=1S/C10H21IO3S/c1-2-3-4-5-6-7-8-9-10(11)15(12,13)14/h10H,2-9H2,1H3,(H,12,13,14). The Balaban J connectivity index is 3.32. The SMILES string of the molecule is CCCCCCCCCC(I)S(=O)(=O)O. The third kappa shape index (κ3) is 9.56. The molecular weight excluding hydrogens is 327 g/mol. The van der Waals surface area contributed by atoms with Gasteiger partial charge in [0.25, 0.3) is 10.1 Å². The maximum Gasteiger partial charge on any atom is 0.277 e. The highest BCUT2D eigenvalue weighted by atomic mass is 127. The Hall–Kier alpha value is 0.640. The molecule has 15 heavy (non-hydrogen) atoms. The Morgan fingerprint density at radius 2 is 1.53 bits per heavy atom. The lowest BCUT2D eigenvalue weighted by Gasteiger charge is -2.05. The van der Waals surface area contributed by atoms with Gasteiger partial charge in [-0.05, 0) is 6.42 Å². The maximum atomic E-state index is 10.7. The van der Waals surface area contributed by atoms with E-state index in [0.29, 0.717) is 6.42 Å². The minimum Gasteiger partial charge on any atom is -0.285 e. The molecule has 0 aliphatic rings. The second-order valence-corrected chi connectivity index (χ2v) is 7.78. The van der Waals surface area contributed by atoms with Gasteiger partial charge in [0.05, 0.1) is 0 Å². The van der Waals surface area contributed by atoms with Crippen molar-refractivity contribution in [3.63, 3.8) is 0 Å². The molecule has 0 spiro atoms. The third-order valence-corrected chi connectivity index (χ3v) is 5.79. The number of halogens is 1. The van der Waals surface area contributed by atoms with Crippen molar-refractivity contribution in [1.82, 2.24) is 0 Å². The van der Waals surface area contributed by atoms with Crippen LogP contribution in [0.5, 0.6) is 0 Å². The molecule has 0 rings (SSSR count). The molecule has 0 saturated carbocycles. The van der Waals surface area contributed by atoms with Gasteiger partial charge in [-0.1, -0.05) is 74.5 Å². The highest BCUT2D eigenvalue weighted by Crippen LogP contribution is 2.17. The summed E-state index contributed by atoms with van der Waals surface area (Å²) in [4.78, 5) is 0. The van der Waals surface area contributed by atoms with Crippen molar-refractivity contribution in [2.24, 2.45) is 0 Å². The van der Waals surface area contributed by atoms with Gasteiger partial charge in [0.2, 0.25) is 0 Å². The first-order valence-corrected chi connectivity index (χ1v) is 8.33. The quantitative estimate of drug-likeness (QED) is 0.299. The maximum absolute atomic E-state index is 10.7. The average Bonchev–Trinajstić information content (AvgIpc) is 2.14. The van der Waals surface area contributed by atoms with Gasteiger partial charge in [-0.2, -0.15) is 8.42 Å². The number of hydrogen-bond donors (Lipinski definition) is 1. The van der Waals surface area contributed by atoms with Gasteiger partial charge in [-0.25, -0.2) is 0 Å². The van der Waals surface area contributed by atoms with Crippen LogP contribution >= 0.6 is 22.6 Å². The Labute approximate surface area is 107 Å². The van der Waals surface area contributed by atoms with Crippen molar-refractivity contribution >= 4 is 32.7 Å². The van der Waals surface area contributed by atoms with Crippen LogP contribution < -0.4 is 0 Å². The third-order valence-electron chi connectivity index (χ3n) is 2.36. The molecule has 0 aromatic heterocycles. The van der Waals surface area contributed by atoms with Crippen molar-refractivity contribution in [1.29, 1.82) is 0 Å². The van der Waals surface area contributed by atoms with Crippen molar-refractivity contribution in [3.8, 4) is 0 Å². The molecule has 92 valence electrons. The predicted octanol–water partition coefficient (Wildman–Crippen LogP) is 3.78. The van der Waals surface area contributed by atoms with E-state index in [1.165, 1.54) is 32.1 Å². The monoisotopic (exact) mass is 348 g/mol. The Bertz CT molecular complexity index is 239. The summed E-state index contributed by atoms with van der Waals surface area (Å²) in [5.74, 6) is 0. The first-order chi connectivity index (χ1) is 6.98. The predicted molar refractivity (Wildman–Crippen MR) is 72.0 cm³/mol. The van der Waals surface area contributed by atoms with Crippen LogP contribution in [0.3, 0.4) is 0 Å². The summed E-state index contributed by atoms with van der Waals surface area (Å²) in [5, 5.41) is 0. The summed E-state index contributed by atoms with van der Waals surface area (Å²) in [7, 11) is -3.82. The van der Waals surface area contributed by atoms with Gasteiger partial charge >= 0.3 is 0 Å². The van der Waals surface area contributed by atoms with Gasteiger partial charge in [-0.15, -0.1) is 0 Å². The second kappa shape index (κ2) is 8.75. The molecule has 0 aliphatic heterocycles. The topological polar surface area (TPSA) is 54.4 Å².